The predicted octanol–water partition coefficient (Wildman–Crippen LogP) is 3.31. The summed E-state index contributed by atoms with van der Waals surface area (Å²) in [5.74, 6) is 0.825. The molecule has 94 valence electrons. The Morgan fingerprint density at radius 1 is 1.00 bits per heavy atom. The molecule has 1 fully saturated rings. The molecule has 1 amide bonds. The van der Waals surface area contributed by atoms with E-state index in [1.54, 1.807) is 0 Å². The van der Waals surface area contributed by atoms with E-state index in [0.29, 0.717) is 11.8 Å². The van der Waals surface area contributed by atoms with Gasteiger partial charge in [0.15, 0.2) is 0 Å². The van der Waals surface area contributed by atoms with Gasteiger partial charge in [0.2, 0.25) is 5.91 Å². The molecule has 1 N–H and O–H groups in total. The molecule has 2 aromatic carbocycles. The molecule has 2 heteroatoms. The number of carbonyl (C=O) groups is 1. The Hall–Kier alpha value is -2.09. The smallest absolute Gasteiger partial charge is 0.236 e. The summed E-state index contributed by atoms with van der Waals surface area (Å²) in [6.45, 7) is 2.18. The standard InChI is InChI=1S/C17H15NO/c1-11-15(12-7-3-2-4-8-12)17(11)13-9-5-6-10-14(13)18-16(17)19/h2-11,15H,1H3,(H,18,19). The number of hydrogen-bond donors (Lipinski definition) is 1. The maximum absolute atomic E-state index is 12.5. The Labute approximate surface area is 112 Å². The SMILES string of the molecule is CC1C(c2ccccc2)C12C(=O)Nc1ccccc12. The topological polar surface area (TPSA) is 29.1 Å². The Morgan fingerprint density at radius 2 is 1.68 bits per heavy atom. The lowest BCUT2D eigenvalue weighted by Crippen LogP contribution is -2.22. The third kappa shape index (κ3) is 1.19. The molecule has 0 bridgehead atoms. The van der Waals surface area contributed by atoms with Gasteiger partial charge >= 0.3 is 0 Å². The zero-order valence-electron chi connectivity index (χ0n) is 10.8. The Bertz CT molecular complexity index is 664. The highest BCUT2D eigenvalue weighted by atomic mass is 16.2. The Kier molecular flexibility index (Phi) is 1.97. The van der Waals surface area contributed by atoms with Gasteiger partial charge in [-0.3, -0.25) is 4.79 Å². The number of amides is 1. The fraction of sp³-hybridized carbons (Fsp3) is 0.235. The number of hydrogen-bond acceptors (Lipinski definition) is 1. The molecule has 3 atom stereocenters. The van der Waals surface area contributed by atoms with Gasteiger partial charge in [0, 0.05) is 11.6 Å². The molecule has 4 rings (SSSR count). The van der Waals surface area contributed by atoms with E-state index in [0.717, 1.165) is 5.69 Å². The molecule has 1 aliphatic heterocycles. The largest absolute Gasteiger partial charge is 0.325 e. The molecule has 2 aliphatic rings. The van der Waals surface area contributed by atoms with Crippen LogP contribution in [0.1, 0.15) is 24.0 Å². The van der Waals surface area contributed by atoms with Crippen molar-refractivity contribution in [3.63, 3.8) is 0 Å². The quantitative estimate of drug-likeness (QED) is 0.825. The summed E-state index contributed by atoms with van der Waals surface area (Å²) in [6, 6.07) is 18.5. The van der Waals surface area contributed by atoms with Crippen molar-refractivity contribution in [2.24, 2.45) is 5.92 Å². The molecule has 2 nitrogen and oxygen atoms in total. The summed E-state index contributed by atoms with van der Waals surface area (Å²) < 4.78 is 0. The fourth-order valence-corrected chi connectivity index (χ4v) is 3.83. The van der Waals surface area contributed by atoms with Crippen molar-refractivity contribution in [2.45, 2.75) is 18.3 Å². The van der Waals surface area contributed by atoms with E-state index in [4.69, 9.17) is 0 Å². The Balaban J connectivity index is 1.87. The van der Waals surface area contributed by atoms with Crippen LogP contribution in [0.2, 0.25) is 0 Å². The van der Waals surface area contributed by atoms with Crippen molar-refractivity contribution in [1.29, 1.82) is 0 Å². The van der Waals surface area contributed by atoms with Gasteiger partial charge in [0.05, 0.1) is 5.41 Å². The van der Waals surface area contributed by atoms with Gasteiger partial charge in [-0.25, -0.2) is 0 Å². The summed E-state index contributed by atoms with van der Waals surface area (Å²) >= 11 is 0. The Morgan fingerprint density at radius 3 is 2.47 bits per heavy atom. The number of carbonyl (C=O) groups excluding carboxylic acids is 1. The lowest BCUT2D eigenvalue weighted by Gasteiger charge is -2.08. The lowest BCUT2D eigenvalue weighted by molar-refractivity contribution is -0.118. The maximum Gasteiger partial charge on any atom is 0.236 e. The normalized spacial score (nSPS) is 31.1. The van der Waals surface area contributed by atoms with Crippen molar-refractivity contribution in [1.82, 2.24) is 0 Å². The first-order valence-corrected chi connectivity index (χ1v) is 6.72. The number of rotatable bonds is 1. The summed E-state index contributed by atoms with van der Waals surface area (Å²) in [7, 11) is 0. The van der Waals surface area contributed by atoms with E-state index in [-0.39, 0.29) is 11.3 Å². The highest BCUT2D eigenvalue weighted by Gasteiger charge is 2.71. The van der Waals surface area contributed by atoms with Gasteiger partial charge in [-0.1, -0.05) is 55.5 Å². The van der Waals surface area contributed by atoms with Crippen LogP contribution < -0.4 is 5.32 Å². The second-order valence-electron chi connectivity index (χ2n) is 5.55. The van der Waals surface area contributed by atoms with Crippen LogP contribution in [0.4, 0.5) is 5.69 Å². The minimum atomic E-state index is -0.335. The van der Waals surface area contributed by atoms with E-state index in [1.165, 1.54) is 11.1 Å². The molecule has 1 heterocycles. The zero-order chi connectivity index (χ0) is 13.0. The second-order valence-corrected chi connectivity index (χ2v) is 5.55. The summed E-state index contributed by atoms with van der Waals surface area (Å²) in [5.41, 5.74) is 3.08. The number of benzene rings is 2. The molecular formula is C17H15NO. The van der Waals surface area contributed by atoms with Gasteiger partial charge in [-0.15, -0.1) is 0 Å². The van der Waals surface area contributed by atoms with Gasteiger partial charge in [0.1, 0.15) is 0 Å². The highest BCUT2D eigenvalue weighted by Crippen LogP contribution is 2.69. The van der Waals surface area contributed by atoms with Crippen LogP contribution in [0, 0.1) is 5.92 Å². The molecule has 19 heavy (non-hydrogen) atoms. The van der Waals surface area contributed by atoms with Crippen molar-refractivity contribution in [2.75, 3.05) is 5.32 Å². The average Bonchev–Trinajstić information content (AvgIpc) is 2.95. The van der Waals surface area contributed by atoms with Gasteiger partial charge in [0.25, 0.3) is 0 Å². The third-order valence-corrected chi connectivity index (χ3v) is 4.76. The van der Waals surface area contributed by atoms with Gasteiger partial charge < -0.3 is 5.32 Å². The number of anilines is 1. The molecule has 0 aromatic heterocycles. The summed E-state index contributed by atoms with van der Waals surface area (Å²) in [6.07, 6.45) is 0. The minimum Gasteiger partial charge on any atom is -0.325 e. The monoisotopic (exact) mass is 249 g/mol. The number of para-hydroxylation sites is 1. The van der Waals surface area contributed by atoms with Crippen LogP contribution in [0.5, 0.6) is 0 Å². The molecule has 0 saturated heterocycles. The van der Waals surface area contributed by atoms with Crippen molar-refractivity contribution in [3.8, 4) is 0 Å². The molecule has 1 aliphatic carbocycles. The van der Waals surface area contributed by atoms with Crippen LogP contribution in [-0.4, -0.2) is 5.91 Å². The molecule has 0 radical (unpaired) electrons. The number of nitrogens with one attached hydrogen (secondary N) is 1. The van der Waals surface area contributed by atoms with Crippen LogP contribution in [0.15, 0.2) is 54.6 Å². The maximum atomic E-state index is 12.5. The van der Waals surface area contributed by atoms with Crippen LogP contribution in [0.3, 0.4) is 0 Å². The van der Waals surface area contributed by atoms with E-state index >= 15 is 0 Å². The predicted molar refractivity (Wildman–Crippen MR) is 75.1 cm³/mol. The number of fused-ring (bicyclic) bond motifs is 2. The van der Waals surface area contributed by atoms with Crippen LogP contribution in [0.25, 0.3) is 0 Å². The van der Waals surface area contributed by atoms with Crippen LogP contribution in [-0.2, 0) is 10.2 Å². The average molecular weight is 249 g/mol. The van der Waals surface area contributed by atoms with E-state index < -0.39 is 0 Å². The van der Waals surface area contributed by atoms with Crippen molar-refractivity contribution < 1.29 is 4.79 Å². The van der Waals surface area contributed by atoms with E-state index in [1.807, 2.05) is 36.4 Å². The molecule has 1 saturated carbocycles. The fourth-order valence-electron chi connectivity index (χ4n) is 3.83. The highest BCUT2D eigenvalue weighted by molar-refractivity contribution is 6.10. The summed E-state index contributed by atoms with van der Waals surface area (Å²) in [5, 5.41) is 3.04. The van der Waals surface area contributed by atoms with Crippen LogP contribution >= 0.6 is 0 Å². The van der Waals surface area contributed by atoms with Gasteiger partial charge in [-0.05, 0) is 23.1 Å². The minimum absolute atomic E-state index is 0.162. The second kappa shape index (κ2) is 3.47. The first-order chi connectivity index (χ1) is 9.26. The van der Waals surface area contributed by atoms with E-state index in [2.05, 4.69) is 30.4 Å². The molecule has 2 aromatic rings. The third-order valence-electron chi connectivity index (χ3n) is 4.76. The molecular weight excluding hydrogens is 234 g/mol. The summed E-state index contributed by atoms with van der Waals surface area (Å²) in [4.78, 5) is 12.5. The molecule has 3 unspecified atom stereocenters. The van der Waals surface area contributed by atoms with Crippen molar-refractivity contribution >= 4 is 11.6 Å². The lowest BCUT2D eigenvalue weighted by atomic mass is 9.91. The van der Waals surface area contributed by atoms with E-state index in [9.17, 15) is 4.79 Å². The zero-order valence-corrected chi connectivity index (χ0v) is 10.8. The van der Waals surface area contributed by atoms with Gasteiger partial charge in [-0.2, -0.15) is 0 Å². The van der Waals surface area contributed by atoms with Crippen molar-refractivity contribution in [3.05, 3.63) is 65.7 Å². The first kappa shape index (κ1) is 10.8. The molecule has 1 spiro atoms. The first-order valence-electron chi connectivity index (χ1n) is 6.72.